The smallest absolute Gasteiger partial charge is 0.0708 e. The molecule has 1 aliphatic rings. The van der Waals surface area contributed by atoms with Crippen LogP contribution in [0.3, 0.4) is 0 Å². The van der Waals surface area contributed by atoms with E-state index in [1.807, 2.05) is 0 Å². The first kappa shape index (κ1) is 12.2. The molecule has 1 radical (unpaired) electrons. The van der Waals surface area contributed by atoms with Crippen LogP contribution in [0.15, 0.2) is 30.0 Å². The minimum Gasteiger partial charge on any atom is -0.253 e. The molecular formula is C16H22N. The van der Waals surface area contributed by atoms with Crippen molar-refractivity contribution in [3.05, 3.63) is 35.5 Å². The fraction of sp³-hybridized carbons (Fsp3) is 0.500. The zero-order valence-corrected chi connectivity index (χ0v) is 11.0. The molecule has 0 N–H and O–H groups in total. The summed E-state index contributed by atoms with van der Waals surface area (Å²) in [4.78, 5) is 0. The molecule has 0 atom stereocenters. The topological polar surface area (TPSA) is 14.1 Å². The number of benzene rings is 1. The summed E-state index contributed by atoms with van der Waals surface area (Å²) < 4.78 is 0. The molecule has 1 aliphatic heterocycles. The van der Waals surface area contributed by atoms with E-state index in [1.165, 1.54) is 54.6 Å². The number of fused-ring (bicyclic) bond motifs is 1. The van der Waals surface area contributed by atoms with E-state index in [0.717, 1.165) is 6.42 Å². The molecule has 1 heteroatoms. The lowest BCUT2D eigenvalue weighted by atomic mass is 9.98. The Morgan fingerprint density at radius 1 is 0.941 bits per heavy atom. The number of para-hydroxylation sites is 1. The summed E-state index contributed by atoms with van der Waals surface area (Å²) in [5, 5.41) is 4.80. The second kappa shape index (κ2) is 5.90. The molecule has 0 saturated carbocycles. The number of hydrogen-bond donors (Lipinski definition) is 0. The molecule has 0 unspecified atom stereocenters. The van der Waals surface area contributed by atoms with E-state index in [9.17, 15) is 0 Å². The quantitative estimate of drug-likeness (QED) is 0.648. The van der Waals surface area contributed by atoms with Crippen molar-refractivity contribution >= 4 is 11.3 Å². The first-order valence-electron chi connectivity index (χ1n) is 6.90. The lowest BCUT2D eigenvalue weighted by Crippen LogP contribution is -1.94. The highest BCUT2D eigenvalue weighted by Gasteiger charge is 2.20. The molecule has 0 bridgehead atoms. The average Bonchev–Trinajstić information content (AvgIpc) is 2.71. The summed E-state index contributed by atoms with van der Waals surface area (Å²) >= 11 is 0. The molecule has 0 aliphatic carbocycles. The van der Waals surface area contributed by atoms with Gasteiger partial charge in [-0.3, -0.25) is 5.32 Å². The van der Waals surface area contributed by atoms with Crippen LogP contribution in [0.5, 0.6) is 0 Å². The van der Waals surface area contributed by atoms with E-state index in [4.69, 9.17) is 5.32 Å². The van der Waals surface area contributed by atoms with Crippen LogP contribution in [0.4, 0.5) is 5.69 Å². The Morgan fingerprint density at radius 2 is 1.65 bits per heavy atom. The summed E-state index contributed by atoms with van der Waals surface area (Å²) in [6.07, 6.45) is 7.36. The number of unbranched alkanes of at least 4 members (excludes halogenated alkanes) is 2. The maximum absolute atomic E-state index is 4.80. The van der Waals surface area contributed by atoms with Crippen LogP contribution in [-0.4, -0.2) is 0 Å². The van der Waals surface area contributed by atoms with Gasteiger partial charge in [-0.1, -0.05) is 44.9 Å². The van der Waals surface area contributed by atoms with Crippen LogP contribution in [-0.2, 0) is 0 Å². The third-order valence-electron chi connectivity index (χ3n) is 3.38. The number of nitrogens with zero attached hydrogens (tertiary/aromatic N) is 1. The molecule has 1 aromatic carbocycles. The van der Waals surface area contributed by atoms with Gasteiger partial charge in [0.1, 0.15) is 0 Å². The summed E-state index contributed by atoms with van der Waals surface area (Å²) in [5.74, 6) is 0. The van der Waals surface area contributed by atoms with Crippen molar-refractivity contribution in [1.82, 2.24) is 5.32 Å². The Balaban J connectivity index is 2.20. The predicted octanol–water partition coefficient (Wildman–Crippen LogP) is 5.03. The second-order valence-electron chi connectivity index (χ2n) is 4.76. The Bertz CT molecular complexity index is 404. The molecule has 2 rings (SSSR count). The van der Waals surface area contributed by atoms with E-state index in [-0.39, 0.29) is 0 Å². The Labute approximate surface area is 105 Å². The monoisotopic (exact) mass is 228 g/mol. The minimum atomic E-state index is 1.14. The van der Waals surface area contributed by atoms with E-state index >= 15 is 0 Å². The molecular weight excluding hydrogens is 206 g/mol. The molecule has 0 spiro atoms. The van der Waals surface area contributed by atoms with E-state index < -0.39 is 0 Å². The van der Waals surface area contributed by atoms with Crippen molar-refractivity contribution < 1.29 is 0 Å². The molecule has 0 amide bonds. The number of rotatable bonds is 6. The van der Waals surface area contributed by atoms with Gasteiger partial charge in [-0.25, -0.2) is 0 Å². The molecule has 0 saturated heterocycles. The van der Waals surface area contributed by atoms with E-state index in [1.54, 1.807) is 0 Å². The van der Waals surface area contributed by atoms with Crippen LogP contribution >= 0.6 is 0 Å². The molecule has 0 fully saturated rings. The Kier molecular flexibility index (Phi) is 4.24. The van der Waals surface area contributed by atoms with Crippen LogP contribution in [0.1, 0.15) is 57.9 Å². The van der Waals surface area contributed by atoms with Crippen molar-refractivity contribution in [3.8, 4) is 0 Å². The summed E-state index contributed by atoms with van der Waals surface area (Å²) in [7, 11) is 0. The largest absolute Gasteiger partial charge is 0.253 e. The van der Waals surface area contributed by atoms with Crippen LogP contribution in [0.2, 0.25) is 0 Å². The van der Waals surface area contributed by atoms with Gasteiger partial charge in [-0.15, -0.1) is 0 Å². The van der Waals surface area contributed by atoms with Gasteiger partial charge in [0.2, 0.25) is 0 Å². The fourth-order valence-corrected chi connectivity index (χ4v) is 2.38. The van der Waals surface area contributed by atoms with Gasteiger partial charge in [0, 0.05) is 11.3 Å². The standard InChI is InChI=1S/C16H22N/c1-3-5-9-13-14-10-7-8-12-16(14)17-15(13)11-6-4-2/h7-8,10,12H,3-6,9,11H2,1-2H3. The SMILES string of the molecule is CCCCC1=C(CCCC)c2ccccc2[N]1. The highest BCUT2D eigenvalue weighted by atomic mass is 14.9. The average molecular weight is 228 g/mol. The highest BCUT2D eigenvalue weighted by molar-refractivity contribution is 5.81. The molecule has 1 nitrogen and oxygen atoms in total. The summed E-state index contributed by atoms with van der Waals surface area (Å²) in [6.45, 7) is 4.50. The van der Waals surface area contributed by atoms with Gasteiger partial charge in [0.25, 0.3) is 0 Å². The second-order valence-corrected chi connectivity index (χ2v) is 4.76. The van der Waals surface area contributed by atoms with Gasteiger partial charge in [-0.05, 0) is 37.3 Å². The number of allylic oxidation sites excluding steroid dienone is 2. The summed E-state index contributed by atoms with van der Waals surface area (Å²) in [6, 6.07) is 8.58. The predicted molar refractivity (Wildman–Crippen MR) is 74.2 cm³/mol. The Hall–Kier alpha value is -1.24. The van der Waals surface area contributed by atoms with Gasteiger partial charge in [0.15, 0.2) is 0 Å². The lowest BCUT2D eigenvalue weighted by Gasteiger charge is -2.05. The summed E-state index contributed by atoms with van der Waals surface area (Å²) in [5.41, 5.74) is 5.43. The van der Waals surface area contributed by atoms with Gasteiger partial charge < -0.3 is 0 Å². The van der Waals surface area contributed by atoms with E-state index in [2.05, 4.69) is 38.1 Å². The van der Waals surface area contributed by atoms with Crippen LogP contribution < -0.4 is 5.32 Å². The van der Waals surface area contributed by atoms with Crippen LogP contribution in [0.25, 0.3) is 5.57 Å². The third kappa shape index (κ3) is 2.71. The normalized spacial score (nSPS) is 13.8. The van der Waals surface area contributed by atoms with Crippen LogP contribution in [0, 0.1) is 0 Å². The first-order chi connectivity index (χ1) is 8.36. The maximum Gasteiger partial charge on any atom is 0.0708 e. The minimum absolute atomic E-state index is 1.14. The zero-order valence-electron chi connectivity index (χ0n) is 11.0. The third-order valence-corrected chi connectivity index (χ3v) is 3.38. The molecule has 1 heterocycles. The van der Waals surface area contributed by atoms with E-state index in [0.29, 0.717) is 0 Å². The molecule has 1 aromatic rings. The molecule has 91 valence electrons. The van der Waals surface area contributed by atoms with Gasteiger partial charge >= 0.3 is 0 Å². The highest BCUT2D eigenvalue weighted by Crippen LogP contribution is 2.38. The fourth-order valence-electron chi connectivity index (χ4n) is 2.38. The maximum atomic E-state index is 4.80. The first-order valence-corrected chi connectivity index (χ1v) is 6.90. The number of hydrogen-bond acceptors (Lipinski definition) is 0. The van der Waals surface area contributed by atoms with Crippen molar-refractivity contribution in [2.24, 2.45) is 0 Å². The van der Waals surface area contributed by atoms with Crippen molar-refractivity contribution in [1.29, 1.82) is 0 Å². The molecule has 0 aromatic heterocycles. The van der Waals surface area contributed by atoms with Gasteiger partial charge in [-0.2, -0.15) is 0 Å². The van der Waals surface area contributed by atoms with Crippen molar-refractivity contribution in [2.75, 3.05) is 0 Å². The van der Waals surface area contributed by atoms with Crippen molar-refractivity contribution in [3.63, 3.8) is 0 Å². The molecule has 17 heavy (non-hydrogen) atoms. The lowest BCUT2D eigenvalue weighted by molar-refractivity contribution is 0.753. The van der Waals surface area contributed by atoms with Gasteiger partial charge in [0.05, 0.1) is 5.69 Å². The Morgan fingerprint density at radius 3 is 2.41 bits per heavy atom. The zero-order chi connectivity index (χ0) is 12.1. The van der Waals surface area contributed by atoms with Crippen molar-refractivity contribution in [2.45, 2.75) is 52.4 Å².